The molecule has 0 atom stereocenters. The summed E-state index contributed by atoms with van der Waals surface area (Å²) in [4.78, 5) is 27.7. The predicted octanol–water partition coefficient (Wildman–Crippen LogP) is 4.21. The van der Waals surface area contributed by atoms with E-state index in [1.807, 2.05) is 0 Å². The number of nitrogens with one attached hydrogen (secondary N) is 1. The molecule has 0 spiro atoms. The van der Waals surface area contributed by atoms with Crippen LogP contribution in [0.4, 0.5) is 0 Å². The molecule has 1 N–H and O–H groups in total. The zero-order chi connectivity index (χ0) is 19.4. The van der Waals surface area contributed by atoms with E-state index < -0.39 is 5.97 Å². The quantitative estimate of drug-likeness (QED) is 0.429. The fourth-order valence-corrected chi connectivity index (χ4v) is 4.17. The number of aromatic amines is 1. The van der Waals surface area contributed by atoms with Crippen LogP contribution in [-0.2, 0) is 4.74 Å². The Morgan fingerprint density at radius 1 is 1.22 bits per heavy atom. The standard InChI is InChI=1S/C19H25N3O4S/c1-4-25-18(24)15-11(2)16(20-12(15)3)14(23)10-27-19-22-21-17(26-19)13-8-6-5-7-9-13/h13,20H,4-10H2,1-3H3. The largest absolute Gasteiger partial charge is 0.462 e. The molecule has 8 heteroatoms. The molecule has 0 amide bonds. The second-order valence-electron chi connectivity index (χ2n) is 6.80. The Balaban J connectivity index is 1.64. The van der Waals surface area contributed by atoms with Crippen LogP contribution in [0.25, 0.3) is 0 Å². The van der Waals surface area contributed by atoms with Crippen LogP contribution in [0.5, 0.6) is 0 Å². The van der Waals surface area contributed by atoms with Crippen molar-refractivity contribution in [2.24, 2.45) is 0 Å². The number of ketones is 1. The number of carbonyl (C=O) groups is 2. The van der Waals surface area contributed by atoms with Gasteiger partial charge in [-0.3, -0.25) is 4.79 Å². The molecule has 0 aromatic carbocycles. The lowest BCUT2D eigenvalue weighted by molar-refractivity contribution is 0.0525. The lowest BCUT2D eigenvalue weighted by atomic mass is 9.89. The molecule has 0 aliphatic heterocycles. The zero-order valence-corrected chi connectivity index (χ0v) is 16.8. The summed E-state index contributed by atoms with van der Waals surface area (Å²) in [5.41, 5.74) is 2.11. The first-order valence-corrected chi connectivity index (χ1v) is 10.4. The molecule has 2 aromatic rings. The van der Waals surface area contributed by atoms with Gasteiger partial charge in [0, 0.05) is 11.6 Å². The van der Waals surface area contributed by atoms with E-state index in [9.17, 15) is 9.59 Å². The molecule has 27 heavy (non-hydrogen) atoms. The Morgan fingerprint density at radius 3 is 2.67 bits per heavy atom. The van der Waals surface area contributed by atoms with Gasteiger partial charge in [-0.2, -0.15) is 0 Å². The summed E-state index contributed by atoms with van der Waals surface area (Å²) in [6, 6.07) is 0. The Bertz CT molecular complexity index is 821. The average Bonchev–Trinajstić information content (AvgIpc) is 3.25. The third kappa shape index (κ3) is 4.43. The number of hydrogen-bond donors (Lipinski definition) is 1. The molecule has 7 nitrogen and oxygen atoms in total. The molecule has 1 fully saturated rings. The van der Waals surface area contributed by atoms with Crippen molar-refractivity contribution in [1.82, 2.24) is 15.2 Å². The fourth-order valence-electron chi connectivity index (χ4n) is 3.53. The summed E-state index contributed by atoms with van der Waals surface area (Å²) in [5.74, 6) is 0.658. The van der Waals surface area contributed by atoms with Gasteiger partial charge in [-0.15, -0.1) is 10.2 Å². The molecule has 1 aliphatic carbocycles. The number of aryl methyl sites for hydroxylation is 1. The van der Waals surface area contributed by atoms with E-state index in [0.29, 0.717) is 46.2 Å². The average molecular weight is 391 g/mol. The first-order chi connectivity index (χ1) is 13.0. The predicted molar refractivity (Wildman–Crippen MR) is 101 cm³/mol. The number of esters is 1. The van der Waals surface area contributed by atoms with E-state index in [4.69, 9.17) is 9.15 Å². The summed E-state index contributed by atoms with van der Waals surface area (Å²) >= 11 is 1.22. The van der Waals surface area contributed by atoms with Crippen LogP contribution >= 0.6 is 11.8 Å². The monoisotopic (exact) mass is 391 g/mol. The maximum Gasteiger partial charge on any atom is 0.340 e. The highest BCUT2D eigenvalue weighted by atomic mass is 32.2. The van der Waals surface area contributed by atoms with Gasteiger partial charge in [-0.25, -0.2) is 4.79 Å². The van der Waals surface area contributed by atoms with Gasteiger partial charge < -0.3 is 14.1 Å². The van der Waals surface area contributed by atoms with Crippen LogP contribution in [0.3, 0.4) is 0 Å². The Labute approximate surface area is 162 Å². The minimum Gasteiger partial charge on any atom is -0.462 e. The van der Waals surface area contributed by atoms with Gasteiger partial charge in [-0.1, -0.05) is 31.0 Å². The van der Waals surface area contributed by atoms with Crippen molar-refractivity contribution >= 4 is 23.5 Å². The zero-order valence-electron chi connectivity index (χ0n) is 16.0. The maximum atomic E-state index is 12.6. The van der Waals surface area contributed by atoms with E-state index >= 15 is 0 Å². The third-order valence-electron chi connectivity index (χ3n) is 4.90. The summed E-state index contributed by atoms with van der Waals surface area (Å²) in [5, 5.41) is 8.63. The SMILES string of the molecule is CCOC(=O)c1c(C)[nH]c(C(=O)CSc2nnc(C3CCCCC3)o2)c1C. The lowest BCUT2D eigenvalue weighted by Crippen LogP contribution is -2.08. The molecular formula is C19H25N3O4S. The van der Waals surface area contributed by atoms with Crippen molar-refractivity contribution in [2.45, 2.75) is 64.0 Å². The van der Waals surface area contributed by atoms with Crippen LogP contribution < -0.4 is 0 Å². The van der Waals surface area contributed by atoms with E-state index in [1.165, 1.54) is 31.0 Å². The smallest absolute Gasteiger partial charge is 0.340 e. The fraction of sp³-hybridized carbons (Fsp3) is 0.579. The van der Waals surface area contributed by atoms with Crippen molar-refractivity contribution in [3.8, 4) is 0 Å². The molecule has 0 saturated heterocycles. The van der Waals surface area contributed by atoms with Gasteiger partial charge in [0.25, 0.3) is 5.22 Å². The number of thioether (sulfide) groups is 1. The number of ether oxygens (including phenoxy) is 1. The minimum atomic E-state index is -0.413. The summed E-state index contributed by atoms with van der Waals surface area (Å²) < 4.78 is 10.8. The van der Waals surface area contributed by atoms with Gasteiger partial charge in [-0.05, 0) is 39.2 Å². The number of Topliss-reactive ketones (excluding diaryl/α,β-unsaturated/α-hetero) is 1. The summed E-state index contributed by atoms with van der Waals surface area (Å²) in [6.07, 6.45) is 5.83. The number of carbonyl (C=O) groups excluding carboxylic acids is 2. The molecule has 3 rings (SSSR count). The van der Waals surface area contributed by atoms with Crippen molar-refractivity contribution in [1.29, 1.82) is 0 Å². The molecule has 2 heterocycles. The van der Waals surface area contributed by atoms with Gasteiger partial charge >= 0.3 is 5.97 Å². The summed E-state index contributed by atoms with van der Waals surface area (Å²) in [7, 11) is 0. The van der Waals surface area contributed by atoms with Gasteiger partial charge in [0.2, 0.25) is 5.89 Å². The van der Waals surface area contributed by atoms with E-state index in [0.717, 1.165) is 12.8 Å². The molecule has 2 aromatic heterocycles. The van der Waals surface area contributed by atoms with Crippen LogP contribution in [-0.4, -0.2) is 39.3 Å². The number of hydrogen-bond acceptors (Lipinski definition) is 7. The highest BCUT2D eigenvalue weighted by Gasteiger charge is 2.24. The number of rotatable bonds is 7. The van der Waals surface area contributed by atoms with Crippen LogP contribution in [0.1, 0.15) is 82.9 Å². The summed E-state index contributed by atoms with van der Waals surface area (Å²) in [6.45, 7) is 5.56. The number of nitrogens with zero attached hydrogens (tertiary/aromatic N) is 2. The Hall–Kier alpha value is -2.09. The number of aromatic nitrogens is 3. The minimum absolute atomic E-state index is 0.117. The van der Waals surface area contributed by atoms with Crippen LogP contribution in [0.2, 0.25) is 0 Å². The highest BCUT2D eigenvalue weighted by molar-refractivity contribution is 7.99. The maximum absolute atomic E-state index is 12.6. The van der Waals surface area contributed by atoms with Crippen molar-refractivity contribution in [3.63, 3.8) is 0 Å². The first kappa shape index (κ1) is 19.7. The van der Waals surface area contributed by atoms with Gasteiger partial charge in [0.1, 0.15) is 0 Å². The molecule has 0 unspecified atom stereocenters. The Morgan fingerprint density at radius 2 is 1.96 bits per heavy atom. The van der Waals surface area contributed by atoms with Gasteiger partial charge in [0.15, 0.2) is 5.78 Å². The number of H-pyrrole nitrogens is 1. The molecule has 146 valence electrons. The molecule has 0 bridgehead atoms. The highest BCUT2D eigenvalue weighted by Crippen LogP contribution is 2.33. The van der Waals surface area contributed by atoms with E-state index in [-0.39, 0.29) is 11.5 Å². The Kier molecular flexibility index (Phi) is 6.36. The van der Waals surface area contributed by atoms with Crippen LogP contribution in [0, 0.1) is 13.8 Å². The molecule has 1 aliphatic rings. The first-order valence-electron chi connectivity index (χ1n) is 9.37. The molecule has 1 saturated carbocycles. The van der Waals surface area contributed by atoms with Crippen LogP contribution in [0.15, 0.2) is 9.64 Å². The van der Waals surface area contributed by atoms with Gasteiger partial charge in [0.05, 0.1) is 23.6 Å². The second kappa shape index (κ2) is 8.73. The van der Waals surface area contributed by atoms with Crippen molar-refractivity contribution in [2.75, 3.05) is 12.4 Å². The topological polar surface area (TPSA) is 98.1 Å². The van der Waals surface area contributed by atoms with Crippen molar-refractivity contribution < 1.29 is 18.7 Å². The molecular weight excluding hydrogens is 366 g/mol. The normalized spacial score (nSPS) is 15.1. The van der Waals surface area contributed by atoms with E-state index in [1.54, 1.807) is 20.8 Å². The third-order valence-corrected chi connectivity index (χ3v) is 5.72. The van der Waals surface area contributed by atoms with Crippen molar-refractivity contribution in [3.05, 3.63) is 28.4 Å². The second-order valence-corrected chi connectivity index (χ2v) is 7.73. The van der Waals surface area contributed by atoms with E-state index in [2.05, 4.69) is 15.2 Å². The lowest BCUT2D eigenvalue weighted by Gasteiger charge is -2.17. The molecule has 0 radical (unpaired) electrons.